The van der Waals surface area contributed by atoms with E-state index in [0.717, 1.165) is 53.3 Å². The molecule has 0 nitrogen and oxygen atoms in total. The fourth-order valence-corrected chi connectivity index (χ4v) is 11.9. The zero-order chi connectivity index (χ0) is 37.9. The minimum atomic E-state index is 0.240. The summed E-state index contributed by atoms with van der Waals surface area (Å²) < 4.78 is 0. The van der Waals surface area contributed by atoms with Crippen molar-refractivity contribution in [2.75, 3.05) is 0 Å². The third kappa shape index (κ3) is 11.4. The number of rotatable bonds is 0. The Morgan fingerprint density at radius 1 is 0.365 bits per heavy atom. The lowest BCUT2D eigenvalue weighted by Gasteiger charge is -2.39. The first kappa shape index (κ1) is 41.9. The zero-order valence-electron chi connectivity index (χ0n) is 36.8. The van der Waals surface area contributed by atoms with Crippen molar-refractivity contribution < 1.29 is 0 Å². The lowest BCUT2D eigenvalue weighted by atomic mass is 9.66. The Morgan fingerprint density at radius 2 is 0.750 bits per heavy atom. The molecule has 0 amide bonds. The summed E-state index contributed by atoms with van der Waals surface area (Å²) in [6.45, 7) is 28.5. The van der Waals surface area contributed by atoms with E-state index < -0.39 is 0 Å². The summed E-state index contributed by atoms with van der Waals surface area (Å²) in [5.41, 5.74) is 3.34. The maximum atomic E-state index is 2.43. The standard InChI is InChI=1S/C14H16.2C13H24.C12H22/c1-14(2,3)13-9-8-11-6-4-5-7-12(11)10-13;1-13(2,3)12-8-7-10-5-4-6-11(10)9-12;1-13(2,3)12-8-10-6-4-5-7-11(10)9-12;1-12(2,3)11-7-9-5-4-6-10(9)8-11/h4-10H,1-3H3;2*10-12H,4-9H2,1-3H3;9-11H,4-8H2,1-3H3. The number of hydrogen-bond acceptors (Lipinski definition) is 0. The normalized spacial score (nSPS) is 33.0. The average Bonchev–Trinajstić information content (AvgIpc) is 3.87. The first-order valence-electron chi connectivity index (χ1n) is 22.8. The van der Waals surface area contributed by atoms with Gasteiger partial charge in [0.2, 0.25) is 0 Å². The number of benzene rings is 2. The van der Waals surface area contributed by atoms with Gasteiger partial charge >= 0.3 is 0 Å². The molecule has 0 aliphatic heterocycles. The minimum Gasteiger partial charge on any atom is -0.0616 e. The van der Waals surface area contributed by atoms with E-state index in [9.17, 15) is 0 Å². The van der Waals surface area contributed by atoms with Gasteiger partial charge in [-0.1, -0.05) is 190 Å². The van der Waals surface area contributed by atoms with Crippen LogP contribution < -0.4 is 0 Å². The molecule has 8 rings (SSSR count). The van der Waals surface area contributed by atoms with Crippen LogP contribution >= 0.6 is 0 Å². The van der Waals surface area contributed by atoms with Crippen molar-refractivity contribution in [3.63, 3.8) is 0 Å². The van der Waals surface area contributed by atoms with Crippen LogP contribution in [-0.2, 0) is 5.41 Å². The van der Waals surface area contributed by atoms with E-state index in [1.54, 1.807) is 6.42 Å². The molecule has 2 aromatic rings. The summed E-state index contributed by atoms with van der Waals surface area (Å²) >= 11 is 0. The van der Waals surface area contributed by atoms with Crippen LogP contribution in [-0.4, -0.2) is 0 Å². The Bertz CT molecular complexity index is 1330. The molecule has 0 N–H and O–H groups in total. The first-order valence-corrected chi connectivity index (χ1v) is 22.8. The summed E-state index contributed by atoms with van der Waals surface area (Å²) in [5.74, 6) is 9.73. The fraction of sp³-hybridized carbons (Fsp3) is 0.808. The first-order chi connectivity index (χ1) is 24.3. The van der Waals surface area contributed by atoms with Gasteiger partial charge in [0.15, 0.2) is 0 Å². The molecule has 0 bridgehead atoms. The van der Waals surface area contributed by atoms with E-state index in [-0.39, 0.29) is 5.41 Å². The highest BCUT2D eigenvalue weighted by Gasteiger charge is 2.42. The highest BCUT2D eigenvalue weighted by molar-refractivity contribution is 5.83. The molecular weight excluding hydrogens is 625 g/mol. The Balaban J connectivity index is 0.000000134. The number of hydrogen-bond donors (Lipinski definition) is 0. The van der Waals surface area contributed by atoms with Crippen molar-refractivity contribution in [1.82, 2.24) is 0 Å². The zero-order valence-corrected chi connectivity index (χ0v) is 36.8. The van der Waals surface area contributed by atoms with Gasteiger partial charge in [0.05, 0.1) is 0 Å². The molecule has 6 aliphatic carbocycles. The molecule has 7 unspecified atom stereocenters. The lowest BCUT2D eigenvalue weighted by molar-refractivity contribution is 0.114. The van der Waals surface area contributed by atoms with Gasteiger partial charge in [-0.05, 0) is 136 Å². The third-order valence-electron chi connectivity index (χ3n) is 15.8. The quantitative estimate of drug-likeness (QED) is 0.255. The molecule has 7 atom stereocenters. The van der Waals surface area contributed by atoms with Gasteiger partial charge in [-0.3, -0.25) is 0 Å². The SMILES string of the molecule is CC(C)(C)C1CC2CCCC2C1.CC(C)(C)C1CC2CCCCC2C1.CC(C)(C)C1CCC2CCCC2C1.CC(C)(C)c1ccc2ccccc2c1. The van der Waals surface area contributed by atoms with E-state index in [0.29, 0.717) is 16.2 Å². The van der Waals surface area contributed by atoms with E-state index in [1.165, 1.54) is 119 Å². The van der Waals surface area contributed by atoms with Crippen molar-refractivity contribution in [3.8, 4) is 0 Å². The molecule has 0 heteroatoms. The van der Waals surface area contributed by atoms with Crippen molar-refractivity contribution in [2.45, 2.75) is 198 Å². The molecule has 2 aromatic carbocycles. The van der Waals surface area contributed by atoms with Gasteiger partial charge in [-0.25, -0.2) is 0 Å². The molecule has 6 aliphatic rings. The second-order valence-corrected chi connectivity index (χ2v) is 23.5. The molecule has 6 saturated carbocycles. The summed E-state index contributed by atoms with van der Waals surface area (Å²) in [6.07, 6.45) is 26.0. The van der Waals surface area contributed by atoms with Crippen LogP contribution in [0.1, 0.15) is 198 Å². The molecular formula is C52H86. The third-order valence-corrected chi connectivity index (χ3v) is 15.8. The maximum Gasteiger partial charge on any atom is -0.0132 e. The van der Waals surface area contributed by atoms with Crippen LogP contribution in [0.25, 0.3) is 10.8 Å². The lowest BCUT2D eigenvalue weighted by Crippen LogP contribution is -2.29. The topological polar surface area (TPSA) is 0 Å². The highest BCUT2D eigenvalue weighted by Crippen LogP contribution is 2.53. The molecule has 0 heterocycles. The fourth-order valence-electron chi connectivity index (χ4n) is 11.9. The van der Waals surface area contributed by atoms with Crippen LogP contribution in [0.15, 0.2) is 42.5 Å². The minimum absolute atomic E-state index is 0.240. The number of fused-ring (bicyclic) bond motifs is 4. The second-order valence-electron chi connectivity index (χ2n) is 23.5. The van der Waals surface area contributed by atoms with Crippen molar-refractivity contribution in [3.05, 3.63) is 48.0 Å². The van der Waals surface area contributed by atoms with Crippen LogP contribution in [0, 0.1) is 69.5 Å². The van der Waals surface area contributed by atoms with Crippen LogP contribution in [0.3, 0.4) is 0 Å². The van der Waals surface area contributed by atoms with Gasteiger partial charge in [-0.15, -0.1) is 0 Å². The van der Waals surface area contributed by atoms with E-state index in [1.807, 2.05) is 0 Å². The summed E-state index contributed by atoms with van der Waals surface area (Å²) in [6, 6.07) is 15.2. The van der Waals surface area contributed by atoms with Gasteiger partial charge in [0.25, 0.3) is 0 Å². The molecule has 0 saturated heterocycles. The van der Waals surface area contributed by atoms with Gasteiger partial charge < -0.3 is 0 Å². The highest BCUT2D eigenvalue weighted by atomic mass is 14.5. The predicted octanol–water partition coefficient (Wildman–Crippen LogP) is 16.5. The van der Waals surface area contributed by atoms with E-state index in [4.69, 9.17) is 0 Å². The van der Waals surface area contributed by atoms with Crippen LogP contribution in [0.4, 0.5) is 0 Å². The average molecular weight is 711 g/mol. The van der Waals surface area contributed by atoms with Crippen molar-refractivity contribution in [1.29, 1.82) is 0 Å². The molecule has 0 spiro atoms. The predicted molar refractivity (Wildman–Crippen MR) is 231 cm³/mol. The Hall–Kier alpha value is -1.30. The van der Waals surface area contributed by atoms with Crippen LogP contribution in [0.2, 0.25) is 0 Å². The molecule has 52 heavy (non-hydrogen) atoms. The van der Waals surface area contributed by atoms with E-state index >= 15 is 0 Å². The summed E-state index contributed by atoms with van der Waals surface area (Å²) in [4.78, 5) is 0. The van der Waals surface area contributed by atoms with Crippen LogP contribution in [0.5, 0.6) is 0 Å². The summed E-state index contributed by atoms with van der Waals surface area (Å²) in [7, 11) is 0. The molecule has 6 fully saturated rings. The largest absolute Gasteiger partial charge is 0.0616 e. The smallest absolute Gasteiger partial charge is 0.0132 e. The Labute approximate surface area is 324 Å². The molecule has 0 aromatic heterocycles. The van der Waals surface area contributed by atoms with Crippen molar-refractivity contribution >= 4 is 10.8 Å². The maximum absolute atomic E-state index is 2.43. The van der Waals surface area contributed by atoms with Gasteiger partial charge in [-0.2, -0.15) is 0 Å². The Kier molecular flexibility index (Phi) is 13.9. The monoisotopic (exact) mass is 711 g/mol. The van der Waals surface area contributed by atoms with E-state index in [2.05, 4.69) is 126 Å². The molecule has 0 radical (unpaired) electrons. The summed E-state index contributed by atoms with van der Waals surface area (Å²) in [5, 5.41) is 2.65. The Morgan fingerprint density at radius 3 is 1.19 bits per heavy atom. The van der Waals surface area contributed by atoms with Gasteiger partial charge in [0, 0.05) is 0 Å². The molecule has 294 valence electrons. The second kappa shape index (κ2) is 17.2. The van der Waals surface area contributed by atoms with Gasteiger partial charge in [0.1, 0.15) is 0 Å². The van der Waals surface area contributed by atoms with Crippen molar-refractivity contribution in [2.24, 2.45) is 69.5 Å².